The van der Waals surface area contributed by atoms with Gasteiger partial charge in [-0.25, -0.2) is 4.42 Å². The van der Waals surface area contributed by atoms with Crippen LogP contribution in [0.4, 0.5) is 5.69 Å². The predicted molar refractivity (Wildman–Crippen MR) is 68.2 cm³/mol. The minimum Gasteiger partial charge on any atom is -0.483 e. The summed E-state index contributed by atoms with van der Waals surface area (Å²) in [7, 11) is 0. The minimum atomic E-state index is -0.895. The van der Waals surface area contributed by atoms with Crippen LogP contribution in [0.15, 0.2) is 18.2 Å². The van der Waals surface area contributed by atoms with E-state index in [9.17, 15) is 5.11 Å². The Bertz CT molecular complexity index is 435. The number of fused-ring (bicyclic) bond motifs is 1. The van der Waals surface area contributed by atoms with E-state index >= 15 is 0 Å². The summed E-state index contributed by atoms with van der Waals surface area (Å²) >= 11 is 5.95. The van der Waals surface area contributed by atoms with E-state index in [1.54, 1.807) is 4.42 Å². The summed E-state index contributed by atoms with van der Waals surface area (Å²) in [6, 6.07) is 5.76. The summed E-state index contributed by atoms with van der Waals surface area (Å²) in [6.07, 6.45) is -0.895. The second kappa shape index (κ2) is 4.84. The number of hydrogen-bond donors (Lipinski definition) is 1. The monoisotopic (exact) mass is 270 g/mol. The molecule has 5 nitrogen and oxygen atoms in total. The molecule has 1 fully saturated rings. The Morgan fingerprint density at radius 1 is 1.22 bits per heavy atom. The molecule has 0 spiro atoms. The minimum absolute atomic E-state index is 0.173. The van der Waals surface area contributed by atoms with Crippen LogP contribution in [-0.4, -0.2) is 48.6 Å². The van der Waals surface area contributed by atoms with Crippen molar-refractivity contribution in [3.63, 3.8) is 0 Å². The third kappa shape index (κ3) is 2.21. The standard InChI is InChI=1S/C12H15ClN2O3/c13-15-6-4-14(5-7-15)9-2-1-3-10-12(9)18-11(16)8-17-10/h1-3,11,16H,4-8H2. The van der Waals surface area contributed by atoms with E-state index in [1.165, 1.54) is 0 Å². The number of benzene rings is 1. The first-order valence-electron chi connectivity index (χ1n) is 6.00. The lowest BCUT2D eigenvalue weighted by atomic mass is 10.2. The molecule has 0 amide bonds. The summed E-state index contributed by atoms with van der Waals surface area (Å²) < 4.78 is 12.7. The Kier molecular flexibility index (Phi) is 3.20. The molecule has 1 atom stereocenters. The highest BCUT2D eigenvalue weighted by Gasteiger charge is 2.25. The van der Waals surface area contributed by atoms with Crippen molar-refractivity contribution >= 4 is 17.5 Å². The molecule has 18 heavy (non-hydrogen) atoms. The van der Waals surface area contributed by atoms with E-state index in [4.69, 9.17) is 21.3 Å². The molecule has 98 valence electrons. The number of para-hydroxylation sites is 1. The SMILES string of the molecule is OC1COc2cccc(N3CCN(Cl)CC3)c2O1. The molecule has 3 rings (SSSR count). The number of aliphatic hydroxyl groups is 1. The van der Waals surface area contributed by atoms with E-state index in [0.29, 0.717) is 11.5 Å². The molecule has 0 aliphatic carbocycles. The van der Waals surface area contributed by atoms with Gasteiger partial charge in [0.2, 0.25) is 6.29 Å². The molecule has 0 bridgehead atoms. The van der Waals surface area contributed by atoms with Gasteiger partial charge in [0, 0.05) is 26.2 Å². The number of rotatable bonds is 1. The van der Waals surface area contributed by atoms with Crippen molar-refractivity contribution < 1.29 is 14.6 Å². The quantitative estimate of drug-likeness (QED) is 0.773. The zero-order valence-corrected chi connectivity index (χ0v) is 10.6. The highest BCUT2D eigenvalue weighted by molar-refractivity contribution is 6.13. The Morgan fingerprint density at radius 3 is 2.78 bits per heavy atom. The third-order valence-electron chi connectivity index (χ3n) is 3.16. The van der Waals surface area contributed by atoms with Gasteiger partial charge in [-0.15, -0.1) is 0 Å². The highest BCUT2D eigenvalue weighted by Crippen LogP contribution is 2.40. The Labute approximate surface area is 111 Å². The van der Waals surface area contributed by atoms with Gasteiger partial charge in [0.15, 0.2) is 18.1 Å². The van der Waals surface area contributed by atoms with Crippen molar-refractivity contribution in [1.29, 1.82) is 0 Å². The van der Waals surface area contributed by atoms with Crippen LogP contribution in [0.2, 0.25) is 0 Å². The van der Waals surface area contributed by atoms with Crippen LogP contribution in [0, 0.1) is 0 Å². The maximum Gasteiger partial charge on any atom is 0.232 e. The lowest BCUT2D eigenvalue weighted by Gasteiger charge is -2.35. The van der Waals surface area contributed by atoms with Crippen LogP contribution in [0.1, 0.15) is 0 Å². The first kappa shape index (κ1) is 11.9. The number of hydrogen-bond acceptors (Lipinski definition) is 5. The first-order chi connectivity index (χ1) is 8.74. The van der Waals surface area contributed by atoms with Gasteiger partial charge in [-0.3, -0.25) is 0 Å². The van der Waals surface area contributed by atoms with Gasteiger partial charge in [-0.2, -0.15) is 0 Å². The fraction of sp³-hybridized carbons (Fsp3) is 0.500. The average Bonchev–Trinajstić information content (AvgIpc) is 2.39. The van der Waals surface area contributed by atoms with Crippen molar-refractivity contribution in [2.45, 2.75) is 6.29 Å². The van der Waals surface area contributed by atoms with E-state index in [1.807, 2.05) is 18.2 Å². The highest BCUT2D eigenvalue weighted by atomic mass is 35.5. The number of piperazine rings is 1. The van der Waals surface area contributed by atoms with Crippen molar-refractivity contribution in [2.24, 2.45) is 0 Å². The fourth-order valence-corrected chi connectivity index (χ4v) is 2.39. The molecule has 0 aromatic heterocycles. The Morgan fingerprint density at radius 2 is 2.00 bits per heavy atom. The predicted octanol–water partition coefficient (Wildman–Crippen LogP) is 1.05. The summed E-state index contributed by atoms with van der Waals surface area (Å²) in [5.74, 6) is 1.31. The smallest absolute Gasteiger partial charge is 0.232 e. The van der Waals surface area contributed by atoms with Crippen LogP contribution in [-0.2, 0) is 0 Å². The number of anilines is 1. The number of ether oxygens (including phenoxy) is 2. The molecule has 1 aromatic carbocycles. The lowest BCUT2D eigenvalue weighted by Crippen LogP contribution is -2.43. The third-order valence-corrected chi connectivity index (χ3v) is 3.50. The van der Waals surface area contributed by atoms with Crippen LogP contribution in [0.3, 0.4) is 0 Å². The maximum atomic E-state index is 9.53. The van der Waals surface area contributed by atoms with Crippen molar-refractivity contribution in [3.05, 3.63) is 18.2 Å². The molecule has 1 N–H and O–H groups in total. The molecule has 6 heteroatoms. The summed E-state index contributed by atoms with van der Waals surface area (Å²) in [6.45, 7) is 3.44. The topological polar surface area (TPSA) is 45.2 Å². The first-order valence-corrected chi connectivity index (χ1v) is 6.34. The molecule has 2 aliphatic heterocycles. The summed E-state index contributed by atoms with van der Waals surface area (Å²) in [5, 5.41) is 9.53. The second-order valence-electron chi connectivity index (χ2n) is 4.38. The normalized spacial score (nSPS) is 24.1. The molecule has 1 aromatic rings. The van der Waals surface area contributed by atoms with E-state index in [2.05, 4.69) is 4.90 Å². The second-order valence-corrected chi connectivity index (χ2v) is 4.86. The van der Waals surface area contributed by atoms with Gasteiger partial charge in [-0.05, 0) is 23.9 Å². The Hall–Kier alpha value is -1.17. The zero-order valence-electron chi connectivity index (χ0n) is 9.88. The number of halogens is 1. The average molecular weight is 271 g/mol. The van der Waals surface area contributed by atoms with E-state index in [-0.39, 0.29) is 6.61 Å². The van der Waals surface area contributed by atoms with Crippen LogP contribution < -0.4 is 14.4 Å². The van der Waals surface area contributed by atoms with Crippen molar-refractivity contribution in [1.82, 2.24) is 4.42 Å². The molecular weight excluding hydrogens is 256 g/mol. The number of aliphatic hydroxyl groups excluding tert-OH is 1. The van der Waals surface area contributed by atoms with Gasteiger partial charge in [0.1, 0.15) is 0 Å². The summed E-state index contributed by atoms with van der Waals surface area (Å²) in [4.78, 5) is 2.19. The van der Waals surface area contributed by atoms with Crippen LogP contribution in [0.25, 0.3) is 0 Å². The summed E-state index contributed by atoms with van der Waals surface area (Å²) in [5.41, 5.74) is 0.955. The molecular formula is C12H15ClN2O3. The van der Waals surface area contributed by atoms with Crippen LogP contribution in [0.5, 0.6) is 11.5 Å². The lowest BCUT2D eigenvalue weighted by molar-refractivity contribution is -0.0666. The van der Waals surface area contributed by atoms with Gasteiger partial charge in [0.05, 0.1) is 5.69 Å². The Balaban J connectivity index is 1.88. The zero-order chi connectivity index (χ0) is 12.5. The maximum absolute atomic E-state index is 9.53. The van der Waals surface area contributed by atoms with Gasteiger partial charge < -0.3 is 19.5 Å². The molecule has 0 radical (unpaired) electrons. The van der Waals surface area contributed by atoms with Crippen LogP contribution >= 0.6 is 11.8 Å². The molecule has 2 heterocycles. The van der Waals surface area contributed by atoms with E-state index < -0.39 is 6.29 Å². The molecule has 1 unspecified atom stereocenters. The van der Waals surface area contributed by atoms with Crippen molar-refractivity contribution in [3.8, 4) is 11.5 Å². The van der Waals surface area contributed by atoms with Gasteiger partial charge in [-0.1, -0.05) is 6.07 Å². The largest absolute Gasteiger partial charge is 0.483 e. The number of nitrogens with zero attached hydrogens (tertiary/aromatic N) is 2. The molecule has 2 aliphatic rings. The van der Waals surface area contributed by atoms with E-state index in [0.717, 1.165) is 31.9 Å². The molecule has 1 saturated heterocycles. The van der Waals surface area contributed by atoms with Crippen molar-refractivity contribution in [2.75, 3.05) is 37.7 Å². The fourth-order valence-electron chi connectivity index (χ4n) is 2.24. The van der Waals surface area contributed by atoms with Gasteiger partial charge >= 0.3 is 0 Å². The van der Waals surface area contributed by atoms with Gasteiger partial charge in [0.25, 0.3) is 0 Å². The molecule has 0 saturated carbocycles.